The molecule has 0 unspecified atom stereocenters. The minimum absolute atomic E-state index is 0.0250. The van der Waals surface area contributed by atoms with Gasteiger partial charge in [0.05, 0.1) is 24.2 Å². The Balaban J connectivity index is 0.00000203. The second kappa shape index (κ2) is 24.2. The molecule has 4 atom stereocenters. The number of ether oxygens (including phenoxy) is 1. The Kier molecular flexibility index (Phi) is 21.0. The lowest BCUT2D eigenvalue weighted by Gasteiger charge is -2.33. The fraction of sp³-hybridized carbons (Fsp3) is 0.514. The molecule has 0 bridgehead atoms. The number of aliphatic hydroxyl groups excluding tert-OH is 1. The molecule has 11 N–H and O–H groups in total. The van der Waals surface area contributed by atoms with Crippen molar-refractivity contribution in [1.82, 2.24) is 21.3 Å². The van der Waals surface area contributed by atoms with Crippen molar-refractivity contribution in [2.24, 2.45) is 22.4 Å². The van der Waals surface area contributed by atoms with Crippen LogP contribution in [0.5, 0.6) is 0 Å². The van der Waals surface area contributed by atoms with Gasteiger partial charge in [0.2, 0.25) is 17.7 Å². The third-order valence-corrected chi connectivity index (χ3v) is 7.76. The van der Waals surface area contributed by atoms with E-state index in [1.165, 1.54) is 13.8 Å². The van der Waals surface area contributed by atoms with E-state index in [9.17, 15) is 42.6 Å². The largest absolute Gasteiger partial charge is 0.490 e. The number of halogens is 3. The van der Waals surface area contributed by atoms with Gasteiger partial charge in [-0.15, -0.1) is 0 Å². The highest BCUT2D eigenvalue weighted by Gasteiger charge is 2.39. The highest BCUT2D eigenvalue weighted by atomic mass is 19.4. The van der Waals surface area contributed by atoms with Crippen molar-refractivity contribution in [3.8, 4) is 0 Å². The number of carboxylic acid groups (broad SMARTS) is 1. The normalized spacial score (nSPS) is 13.4. The summed E-state index contributed by atoms with van der Waals surface area (Å²) in [5.74, 6) is -4.78. The van der Waals surface area contributed by atoms with E-state index < -0.39 is 59.9 Å². The van der Waals surface area contributed by atoms with E-state index in [4.69, 9.17) is 26.1 Å². The number of aliphatic carboxylic acids is 1. The number of carbonyl (C=O) groups excluding carboxylic acids is 4. The van der Waals surface area contributed by atoms with Gasteiger partial charge in [-0.05, 0) is 56.6 Å². The molecule has 2 aromatic rings. The predicted molar refractivity (Wildman–Crippen MR) is 201 cm³/mol. The average molecular weight is 798 g/mol. The second-order valence-corrected chi connectivity index (χ2v) is 13.7. The molecular weight excluding hydrogens is 743 g/mol. The van der Waals surface area contributed by atoms with Crippen molar-refractivity contribution in [2.75, 3.05) is 13.1 Å². The molecule has 312 valence electrons. The van der Waals surface area contributed by atoms with Crippen LogP contribution in [0.4, 0.5) is 18.0 Å². The molecule has 0 saturated heterocycles. The van der Waals surface area contributed by atoms with Crippen LogP contribution in [-0.4, -0.2) is 100 Å². The topological polar surface area (TPSA) is 268 Å². The number of alkyl halides is 3. The Morgan fingerprint density at radius 3 is 1.93 bits per heavy atom. The van der Waals surface area contributed by atoms with Crippen LogP contribution in [0.3, 0.4) is 0 Å². The molecule has 0 fully saturated rings. The number of rotatable bonds is 20. The molecular formula is C37H54F3N7O9. The zero-order valence-corrected chi connectivity index (χ0v) is 31.8. The van der Waals surface area contributed by atoms with Gasteiger partial charge in [-0.1, -0.05) is 74.5 Å². The maximum Gasteiger partial charge on any atom is 0.490 e. The lowest BCUT2D eigenvalue weighted by atomic mass is 9.93. The maximum atomic E-state index is 13.6. The standard InChI is InChI=1S/C35H53N7O7.C2HF3O2/c1-23(2)20-27(28(43)21-29(44)38-19-17-24-12-7-5-8-13-24)40-32(46)30(35(3,4)48)42-31(45)26(16-11-18-39-33(36)37)41-34(47)49-22-25-14-9-6-10-15-25;3-2(4,5)1(6)7/h5-10,12-15,23,26-28,30,43,48H,11,16-22H2,1-4H3,(H,38,44)(H,40,46)(H,41,47)(H,42,45)(H4,36,37,39);(H,6,7)/t26-,27-,28-,30+;/m0./s1. The summed E-state index contributed by atoms with van der Waals surface area (Å²) in [6, 6.07) is 15.1. The lowest BCUT2D eigenvalue weighted by molar-refractivity contribution is -0.192. The highest BCUT2D eigenvalue weighted by Crippen LogP contribution is 2.16. The number of hydrogen-bond donors (Lipinski definition) is 9. The van der Waals surface area contributed by atoms with Crippen molar-refractivity contribution in [3.05, 3.63) is 71.8 Å². The molecule has 0 aromatic heterocycles. The van der Waals surface area contributed by atoms with Crippen LogP contribution in [0.1, 0.15) is 64.5 Å². The van der Waals surface area contributed by atoms with Crippen molar-refractivity contribution >= 4 is 35.7 Å². The number of hydrogen-bond acceptors (Lipinski definition) is 9. The molecule has 19 heteroatoms. The Hall–Kier alpha value is -5.43. The van der Waals surface area contributed by atoms with Crippen molar-refractivity contribution in [2.45, 2.75) is 102 Å². The first-order chi connectivity index (χ1) is 26.1. The number of aliphatic hydroxyl groups is 2. The SMILES string of the molecule is CC(C)C[C@H](NC(=O)[C@@H](NC(=O)[C@H](CCCN=C(N)N)NC(=O)OCc1ccccc1)C(C)(C)O)[C@@H](O)CC(=O)NCCc1ccccc1.O=C(O)C(F)(F)F. The maximum absolute atomic E-state index is 13.6. The van der Waals surface area contributed by atoms with E-state index in [-0.39, 0.29) is 43.8 Å². The molecule has 56 heavy (non-hydrogen) atoms. The van der Waals surface area contributed by atoms with Gasteiger partial charge in [0.25, 0.3) is 0 Å². The number of alkyl carbamates (subject to hydrolysis) is 1. The zero-order chi connectivity index (χ0) is 42.5. The van der Waals surface area contributed by atoms with Crippen LogP contribution in [0.25, 0.3) is 0 Å². The number of aliphatic imine (C=N–C) groups is 1. The molecule has 0 aliphatic rings. The Bertz CT molecular complexity index is 1550. The van der Waals surface area contributed by atoms with E-state index in [0.29, 0.717) is 25.8 Å². The van der Waals surface area contributed by atoms with Crippen molar-refractivity contribution in [1.29, 1.82) is 0 Å². The molecule has 0 heterocycles. The van der Waals surface area contributed by atoms with E-state index >= 15 is 0 Å². The van der Waals surface area contributed by atoms with Crippen molar-refractivity contribution in [3.63, 3.8) is 0 Å². The first-order valence-corrected chi connectivity index (χ1v) is 17.7. The fourth-order valence-electron chi connectivity index (χ4n) is 4.97. The Morgan fingerprint density at radius 2 is 1.43 bits per heavy atom. The third kappa shape index (κ3) is 20.9. The summed E-state index contributed by atoms with van der Waals surface area (Å²) in [7, 11) is 0. The molecule has 2 aromatic carbocycles. The molecule has 4 amide bonds. The number of carboxylic acids is 1. The molecule has 0 spiro atoms. The monoisotopic (exact) mass is 797 g/mol. The summed E-state index contributed by atoms with van der Waals surface area (Å²) >= 11 is 0. The second-order valence-electron chi connectivity index (χ2n) is 13.7. The summed E-state index contributed by atoms with van der Waals surface area (Å²) in [6.07, 6.45) is -6.14. The number of nitrogens with zero attached hydrogens (tertiary/aromatic N) is 1. The quantitative estimate of drug-likeness (QED) is 0.0530. The number of amides is 4. The van der Waals surface area contributed by atoms with Gasteiger partial charge in [-0.2, -0.15) is 13.2 Å². The molecule has 0 aliphatic heterocycles. The molecule has 0 saturated carbocycles. The third-order valence-electron chi connectivity index (χ3n) is 7.76. The van der Waals surface area contributed by atoms with E-state index in [0.717, 1.165) is 11.1 Å². The van der Waals surface area contributed by atoms with Crippen LogP contribution < -0.4 is 32.7 Å². The summed E-state index contributed by atoms with van der Waals surface area (Å²) in [5, 5.41) is 39.7. The van der Waals surface area contributed by atoms with E-state index in [1.807, 2.05) is 50.2 Å². The van der Waals surface area contributed by atoms with Gasteiger partial charge in [-0.3, -0.25) is 19.4 Å². The minimum Gasteiger partial charge on any atom is -0.475 e. The van der Waals surface area contributed by atoms with Crippen LogP contribution in [0, 0.1) is 5.92 Å². The molecule has 0 aliphatic carbocycles. The first-order valence-electron chi connectivity index (χ1n) is 17.7. The van der Waals surface area contributed by atoms with Gasteiger partial charge in [0.15, 0.2) is 5.96 Å². The summed E-state index contributed by atoms with van der Waals surface area (Å²) in [6.45, 7) is 7.02. The number of nitrogens with two attached hydrogens (primary N) is 2. The number of benzene rings is 2. The predicted octanol–water partition coefficient (Wildman–Crippen LogP) is 1.86. The minimum atomic E-state index is -5.08. The summed E-state index contributed by atoms with van der Waals surface area (Å²) in [4.78, 5) is 65.3. The Labute approximate surface area is 323 Å². The van der Waals surface area contributed by atoms with Gasteiger partial charge in [-0.25, -0.2) is 9.59 Å². The highest BCUT2D eigenvalue weighted by molar-refractivity contribution is 5.92. The van der Waals surface area contributed by atoms with E-state index in [1.54, 1.807) is 24.3 Å². The smallest absolute Gasteiger partial charge is 0.475 e. The van der Waals surface area contributed by atoms with E-state index in [2.05, 4.69) is 26.3 Å². The lowest BCUT2D eigenvalue weighted by Crippen LogP contribution is -2.63. The van der Waals surface area contributed by atoms with Gasteiger partial charge >= 0.3 is 18.2 Å². The van der Waals surface area contributed by atoms with Gasteiger partial charge in [0, 0.05) is 13.1 Å². The molecule has 16 nitrogen and oxygen atoms in total. The van der Waals surface area contributed by atoms with Crippen LogP contribution in [-0.2, 0) is 36.9 Å². The number of carbonyl (C=O) groups is 5. The average Bonchev–Trinajstić information content (AvgIpc) is 3.10. The number of guanidine groups is 1. The van der Waals surface area contributed by atoms with Gasteiger partial charge in [0.1, 0.15) is 18.7 Å². The fourth-order valence-corrected chi connectivity index (χ4v) is 4.97. The van der Waals surface area contributed by atoms with Gasteiger partial charge < -0.3 is 52.8 Å². The van der Waals surface area contributed by atoms with Crippen molar-refractivity contribution < 1.29 is 57.2 Å². The Morgan fingerprint density at radius 1 is 0.875 bits per heavy atom. The molecule has 2 rings (SSSR count). The van der Waals surface area contributed by atoms with Crippen LogP contribution >= 0.6 is 0 Å². The number of nitrogens with one attached hydrogen (secondary N) is 4. The summed E-state index contributed by atoms with van der Waals surface area (Å²) in [5.41, 5.74) is 10.8. The molecule has 0 radical (unpaired) electrons. The van der Waals surface area contributed by atoms with Crippen LogP contribution in [0.15, 0.2) is 65.7 Å². The van der Waals surface area contributed by atoms with Crippen LogP contribution in [0.2, 0.25) is 0 Å². The summed E-state index contributed by atoms with van der Waals surface area (Å²) < 4.78 is 37.0. The first kappa shape index (κ1) is 48.6. The zero-order valence-electron chi connectivity index (χ0n) is 31.8.